The Morgan fingerprint density at radius 3 is 2.55 bits per heavy atom. The van der Waals surface area contributed by atoms with Crippen molar-refractivity contribution in [3.63, 3.8) is 0 Å². The molecule has 0 unspecified atom stereocenters. The van der Waals surface area contributed by atoms with Crippen LogP contribution in [0.3, 0.4) is 0 Å². The van der Waals surface area contributed by atoms with Gasteiger partial charge in [-0.2, -0.15) is 18.3 Å². The molecular formula is C21H13BrCl2F3N3O3. The number of benzene rings is 3. The average molecular weight is 563 g/mol. The number of nitrogens with one attached hydrogen (secondary N) is 1. The average Bonchev–Trinajstić information content (AvgIpc) is 2.73. The molecule has 3 rings (SSSR count). The van der Waals surface area contributed by atoms with Crippen molar-refractivity contribution in [2.75, 3.05) is 5.43 Å². The molecule has 0 heterocycles. The topological polar surface area (TPSA) is 76.8 Å². The van der Waals surface area contributed by atoms with E-state index in [-0.39, 0.29) is 12.3 Å². The second-order valence-corrected chi connectivity index (χ2v) is 8.32. The van der Waals surface area contributed by atoms with Crippen molar-refractivity contribution < 1.29 is 22.8 Å². The van der Waals surface area contributed by atoms with Gasteiger partial charge in [-0.3, -0.25) is 15.5 Å². The lowest BCUT2D eigenvalue weighted by Gasteiger charge is -2.11. The first kappa shape index (κ1) is 24.8. The Labute approximate surface area is 204 Å². The second-order valence-electron chi connectivity index (χ2n) is 6.56. The van der Waals surface area contributed by atoms with Crippen molar-refractivity contribution in [1.82, 2.24) is 0 Å². The lowest BCUT2D eigenvalue weighted by atomic mass is 10.1. The van der Waals surface area contributed by atoms with Gasteiger partial charge in [0.25, 0.3) is 5.69 Å². The summed E-state index contributed by atoms with van der Waals surface area (Å²) in [5.74, 6) is 0.427. The summed E-state index contributed by atoms with van der Waals surface area (Å²) in [4.78, 5) is 10.3. The molecule has 3 aromatic rings. The number of ether oxygens (including phenoxy) is 1. The first-order chi connectivity index (χ1) is 15.5. The largest absolute Gasteiger partial charge is 0.488 e. The van der Waals surface area contributed by atoms with Crippen LogP contribution in [0.15, 0.2) is 64.2 Å². The number of halogens is 6. The highest BCUT2D eigenvalue weighted by atomic mass is 79.9. The van der Waals surface area contributed by atoms with Gasteiger partial charge in [-0.05, 0) is 42.5 Å². The molecule has 0 aliphatic rings. The standard InChI is InChI=1S/C21H13BrCl2F3N3O3/c22-15-3-6-20(33-11-12-1-4-16(23)9-17(12)24)13(7-15)10-28-29-18-5-2-14(21(25,26)27)8-19(18)30(31)32/h1-10,29H,11H2/b28-10-. The molecule has 0 amide bonds. The van der Waals surface area contributed by atoms with Crippen molar-refractivity contribution in [3.8, 4) is 5.75 Å². The molecule has 6 nitrogen and oxygen atoms in total. The SMILES string of the molecule is O=[N+]([O-])c1cc(C(F)(F)F)ccc1N/N=C\c1cc(Br)ccc1OCc1ccc(Cl)cc1Cl. The van der Waals surface area contributed by atoms with E-state index in [2.05, 4.69) is 26.5 Å². The Bertz CT molecular complexity index is 1220. The van der Waals surface area contributed by atoms with Crippen molar-refractivity contribution in [3.05, 3.63) is 95.9 Å². The van der Waals surface area contributed by atoms with Crippen LogP contribution in [0.25, 0.3) is 0 Å². The molecule has 33 heavy (non-hydrogen) atoms. The highest BCUT2D eigenvalue weighted by Crippen LogP contribution is 2.35. The third-order valence-corrected chi connectivity index (χ3v) is 5.36. The van der Waals surface area contributed by atoms with E-state index < -0.39 is 22.4 Å². The van der Waals surface area contributed by atoms with Gasteiger partial charge in [0.05, 0.1) is 16.7 Å². The van der Waals surface area contributed by atoms with Gasteiger partial charge in [0.15, 0.2) is 0 Å². The van der Waals surface area contributed by atoms with Crippen LogP contribution in [0.4, 0.5) is 24.5 Å². The molecule has 0 aliphatic carbocycles. The molecule has 0 radical (unpaired) electrons. The van der Waals surface area contributed by atoms with Crippen LogP contribution in [0.1, 0.15) is 16.7 Å². The van der Waals surface area contributed by atoms with Crippen LogP contribution in [-0.4, -0.2) is 11.1 Å². The number of nitrogens with zero attached hydrogens (tertiary/aromatic N) is 2. The number of hydrogen-bond acceptors (Lipinski definition) is 5. The Kier molecular flexibility index (Phi) is 7.83. The predicted molar refractivity (Wildman–Crippen MR) is 124 cm³/mol. The number of rotatable bonds is 7. The fraction of sp³-hybridized carbons (Fsp3) is 0.0952. The molecule has 0 fully saturated rings. The van der Waals surface area contributed by atoms with E-state index in [9.17, 15) is 23.3 Å². The Balaban J connectivity index is 1.80. The minimum atomic E-state index is -4.71. The monoisotopic (exact) mass is 561 g/mol. The second kappa shape index (κ2) is 10.4. The molecule has 0 bridgehead atoms. The van der Waals surface area contributed by atoms with E-state index >= 15 is 0 Å². The fourth-order valence-corrected chi connectivity index (χ4v) is 3.51. The molecule has 0 spiro atoms. The van der Waals surface area contributed by atoms with Crippen molar-refractivity contribution >= 4 is 56.7 Å². The first-order valence-electron chi connectivity index (χ1n) is 9.05. The fourth-order valence-electron chi connectivity index (χ4n) is 2.67. The molecular weight excluding hydrogens is 550 g/mol. The highest BCUT2D eigenvalue weighted by molar-refractivity contribution is 9.10. The van der Waals surface area contributed by atoms with Gasteiger partial charge < -0.3 is 4.74 Å². The molecule has 172 valence electrons. The van der Waals surface area contributed by atoms with Crippen molar-refractivity contribution in [2.45, 2.75) is 12.8 Å². The summed E-state index contributed by atoms with van der Waals surface area (Å²) in [5, 5.41) is 16.1. The van der Waals surface area contributed by atoms with E-state index in [1.807, 2.05) is 0 Å². The van der Waals surface area contributed by atoms with Gasteiger partial charge in [0, 0.05) is 31.7 Å². The Morgan fingerprint density at radius 1 is 1.12 bits per heavy atom. The third-order valence-electron chi connectivity index (χ3n) is 4.28. The summed E-state index contributed by atoms with van der Waals surface area (Å²) in [5.41, 5.74) is 1.52. The molecule has 3 aromatic carbocycles. The zero-order valence-electron chi connectivity index (χ0n) is 16.4. The smallest absolute Gasteiger partial charge is 0.416 e. The van der Waals surface area contributed by atoms with Gasteiger partial charge >= 0.3 is 6.18 Å². The molecule has 0 saturated carbocycles. The molecule has 0 saturated heterocycles. The van der Waals surface area contributed by atoms with Crippen molar-refractivity contribution in [1.29, 1.82) is 0 Å². The van der Waals surface area contributed by atoms with Crippen LogP contribution < -0.4 is 10.2 Å². The van der Waals surface area contributed by atoms with Gasteiger partial charge in [-0.15, -0.1) is 0 Å². The lowest BCUT2D eigenvalue weighted by molar-refractivity contribution is -0.384. The van der Waals surface area contributed by atoms with Crippen LogP contribution in [0.2, 0.25) is 10.0 Å². The number of hydrogen-bond donors (Lipinski definition) is 1. The molecule has 12 heteroatoms. The Morgan fingerprint density at radius 2 is 1.88 bits per heavy atom. The van der Waals surface area contributed by atoms with Gasteiger partial charge in [0.2, 0.25) is 0 Å². The number of nitro benzene ring substituents is 1. The molecule has 0 aromatic heterocycles. The zero-order valence-corrected chi connectivity index (χ0v) is 19.5. The third kappa shape index (κ3) is 6.59. The Hall–Kier alpha value is -2.82. The van der Waals surface area contributed by atoms with Crippen LogP contribution >= 0.6 is 39.1 Å². The summed E-state index contributed by atoms with van der Waals surface area (Å²) in [6, 6.07) is 12.2. The minimum Gasteiger partial charge on any atom is -0.488 e. The van der Waals surface area contributed by atoms with Crippen LogP contribution in [0, 0.1) is 10.1 Å². The maximum atomic E-state index is 12.9. The normalized spacial score (nSPS) is 11.6. The van der Waals surface area contributed by atoms with Crippen molar-refractivity contribution in [2.24, 2.45) is 5.10 Å². The minimum absolute atomic E-state index is 0.135. The van der Waals surface area contributed by atoms with Crippen LogP contribution in [-0.2, 0) is 12.8 Å². The molecule has 1 N–H and O–H groups in total. The molecule has 0 aliphatic heterocycles. The van der Waals surface area contributed by atoms with E-state index in [1.54, 1.807) is 36.4 Å². The summed E-state index contributed by atoms with van der Waals surface area (Å²) >= 11 is 15.4. The number of hydrazone groups is 1. The first-order valence-corrected chi connectivity index (χ1v) is 10.6. The summed E-state index contributed by atoms with van der Waals surface area (Å²) in [6.45, 7) is 0.135. The number of anilines is 1. The maximum Gasteiger partial charge on any atom is 0.416 e. The summed E-state index contributed by atoms with van der Waals surface area (Å²) in [6.07, 6.45) is -3.38. The van der Waals surface area contributed by atoms with E-state index in [4.69, 9.17) is 27.9 Å². The molecule has 0 atom stereocenters. The van der Waals surface area contributed by atoms with Crippen LogP contribution in [0.5, 0.6) is 5.75 Å². The van der Waals surface area contributed by atoms with E-state index in [1.165, 1.54) is 6.21 Å². The van der Waals surface area contributed by atoms with E-state index in [0.29, 0.717) is 37.5 Å². The van der Waals surface area contributed by atoms with Gasteiger partial charge in [-0.25, -0.2) is 0 Å². The number of nitro groups is 1. The lowest BCUT2D eigenvalue weighted by Crippen LogP contribution is -2.06. The zero-order chi connectivity index (χ0) is 24.2. The predicted octanol–water partition coefficient (Wildman–Crippen LogP) is 7.71. The van der Waals surface area contributed by atoms with Gasteiger partial charge in [-0.1, -0.05) is 45.2 Å². The van der Waals surface area contributed by atoms with Gasteiger partial charge in [0.1, 0.15) is 18.0 Å². The van der Waals surface area contributed by atoms with E-state index in [0.717, 1.165) is 12.1 Å². The highest BCUT2D eigenvalue weighted by Gasteiger charge is 2.33. The summed E-state index contributed by atoms with van der Waals surface area (Å²) < 4.78 is 45.1. The maximum absolute atomic E-state index is 12.9. The summed E-state index contributed by atoms with van der Waals surface area (Å²) in [7, 11) is 0. The number of alkyl halides is 3. The quantitative estimate of drug-likeness (QED) is 0.182.